The summed E-state index contributed by atoms with van der Waals surface area (Å²) in [5, 5.41) is 0.998. The second kappa shape index (κ2) is 5.19. The number of nitrogens with zero attached hydrogens (tertiary/aromatic N) is 1. The molecule has 1 aromatic carbocycles. The molecule has 3 rings (SSSR count). The van der Waals surface area contributed by atoms with Gasteiger partial charge in [0.25, 0.3) is 5.91 Å². The van der Waals surface area contributed by atoms with E-state index in [9.17, 15) is 4.79 Å². The molecule has 1 aliphatic heterocycles. The lowest BCUT2D eigenvalue weighted by molar-refractivity contribution is 0.0781. The Morgan fingerprint density at radius 3 is 3.10 bits per heavy atom. The average molecular weight is 271 g/mol. The highest BCUT2D eigenvalue weighted by Gasteiger charge is 2.27. The lowest BCUT2D eigenvalue weighted by atomic mass is 10.0. The minimum atomic E-state index is 0.110. The molecule has 0 saturated carbocycles. The number of aromatic amines is 1. The van der Waals surface area contributed by atoms with Crippen LogP contribution in [0.3, 0.4) is 0 Å². The number of aromatic nitrogens is 1. The van der Waals surface area contributed by atoms with Gasteiger partial charge in [0.1, 0.15) is 5.69 Å². The molecule has 1 fully saturated rings. The summed E-state index contributed by atoms with van der Waals surface area (Å²) < 4.78 is 0. The molecule has 0 aliphatic carbocycles. The third-order valence-electron chi connectivity index (χ3n) is 4.15. The first-order valence-corrected chi connectivity index (χ1v) is 7.35. The SMILES string of the molecule is CCCC1CCN(C(=O)c2cc3cc(N)ccc3[nH]2)C1. The van der Waals surface area contributed by atoms with Crippen molar-refractivity contribution in [3.05, 3.63) is 30.0 Å². The molecule has 1 aliphatic rings. The van der Waals surface area contributed by atoms with Crippen LogP contribution in [0.2, 0.25) is 0 Å². The highest BCUT2D eigenvalue weighted by Crippen LogP contribution is 2.24. The van der Waals surface area contributed by atoms with Gasteiger partial charge in [0.05, 0.1) is 0 Å². The van der Waals surface area contributed by atoms with Crippen LogP contribution < -0.4 is 5.73 Å². The fourth-order valence-electron chi connectivity index (χ4n) is 3.10. The van der Waals surface area contributed by atoms with Gasteiger partial charge in [-0.3, -0.25) is 4.79 Å². The minimum absolute atomic E-state index is 0.110. The maximum Gasteiger partial charge on any atom is 0.270 e. The van der Waals surface area contributed by atoms with Crippen molar-refractivity contribution in [3.8, 4) is 0 Å². The third-order valence-corrected chi connectivity index (χ3v) is 4.15. The van der Waals surface area contributed by atoms with Gasteiger partial charge in [-0.1, -0.05) is 13.3 Å². The molecular weight excluding hydrogens is 250 g/mol. The first-order chi connectivity index (χ1) is 9.67. The van der Waals surface area contributed by atoms with Crippen LogP contribution in [-0.4, -0.2) is 28.9 Å². The Bertz CT molecular complexity index is 632. The summed E-state index contributed by atoms with van der Waals surface area (Å²) in [7, 11) is 0. The van der Waals surface area contributed by atoms with E-state index in [1.165, 1.54) is 12.8 Å². The standard InChI is InChI=1S/C16H21N3O/c1-2-3-11-6-7-19(10-11)16(20)15-9-12-8-13(17)4-5-14(12)18-15/h4-5,8-9,11,18H,2-3,6-7,10,17H2,1H3. The number of hydrogen-bond donors (Lipinski definition) is 2. The number of carbonyl (C=O) groups excluding carboxylic acids is 1. The fraction of sp³-hybridized carbons (Fsp3) is 0.438. The zero-order valence-corrected chi connectivity index (χ0v) is 11.9. The van der Waals surface area contributed by atoms with E-state index in [1.807, 2.05) is 29.2 Å². The van der Waals surface area contributed by atoms with E-state index in [0.29, 0.717) is 11.6 Å². The van der Waals surface area contributed by atoms with Gasteiger partial charge in [0.2, 0.25) is 0 Å². The van der Waals surface area contributed by atoms with Gasteiger partial charge in [-0.2, -0.15) is 0 Å². The summed E-state index contributed by atoms with van der Waals surface area (Å²) in [5.41, 5.74) is 8.13. The molecule has 106 valence electrons. The Labute approximate surface area is 118 Å². The number of nitrogens with one attached hydrogen (secondary N) is 1. The van der Waals surface area contributed by atoms with Crippen molar-refractivity contribution >= 4 is 22.5 Å². The number of nitrogens with two attached hydrogens (primary N) is 1. The summed E-state index contributed by atoms with van der Waals surface area (Å²) in [6, 6.07) is 7.57. The summed E-state index contributed by atoms with van der Waals surface area (Å²) in [4.78, 5) is 17.7. The molecule has 4 heteroatoms. The Morgan fingerprint density at radius 2 is 2.30 bits per heavy atom. The number of fused-ring (bicyclic) bond motifs is 1. The molecule has 4 nitrogen and oxygen atoms in total. The van der Waals surface area contributed by atoms with Gasteiger partial charge in [-0.25, -0.2) is 0 Å². The first kappa shape index (κ1) is 13.0. The number of benzene rings is 1. The number of hydrogen-bond acceptors (Lipinski definition) is 2. The summed E-state index contributed by atoms with van der Waals surface area (Å²) in [6.07, 6.45) is 3.54. The molecule has 2 aromatic rings. The predicted molar refractivity (Wildman–Crippen MR) is 81.6 cm³/mol. The maximum atomic E-state index is 12.5. The summed E-state index contributed by atoms with van der Waals surface area (Å²) in [6.45, 7) is 3.97. The lowest BCUT2D eigenvalue weighted by Gasteiger charge is -2.15. The Hall–Kier alpha value is -1.97. The second-order valence-corrected chi connectivity index (χ2v) is 5.72. The van der Waals surface area contributed by atoms with Crippen LogP contribution in [-0.2, 0) is 0 Å². The van der Waals surface area contributed by atoms with Gasteiger partial charge >= 0.3 is 0 Å². The molecular formula is C16H21N3O. The van der Waals surface area contributed by atoms with E-state index in [4.69, 9.17) is 5.73 Å². The van der Waals surface area contributed by atoms with E-state index in [-0.39, 0.29) is 5.91 Å². The van der Waals surface area contributed by atoms with Crippen molar-refractivity contribution in [2.24, 2.45) is 5.92 Å². The third kappa shape index (κ3) is 2.38. The van der Waals surface area contributed by atoms with Crippen LogP contribution in [0.1, 0.15) is 36.7 Å². The van der Waals surface area contributed by atoms with E-state index < -0.39 is 0 Å². The number of anilines is 1. The van der Waals surface area contributed by atoms with E-state index in [1.54, 1.807) is 0 Å². The molecule has 0 bridgehead atoms. The molecule has 0 spiro atoms. The second-order valence-electron chi connectivity index (χ2n) is 5.72. The monoisotopic (exact) mass is 271 g/mol. The van der Waals surface area contributed by atoms with Crippen molar-refractivity contribution in [2.75, 3.05) is 18.8 Å². The number of H-pyrrole nitrogens is 1. The largest absolute Gasteiger partial charge is 0.399 e. The van der Waals surface area contributed by atoms with Crippen LogP contribution in [0.5, 0.6) is 0 Å². The van der Waals surface area contributed by atoms with Crippen molar-refractivity contribution in [1.82, 2.24) is 9.88 Å². The number of rotatable bonds is 3. The average Bonchev–Trinajstić information content (AvgIpc) is 3.04. The highest BCUT2D eigenvalue weighted by molar-refractivity contribution is 5.98. The molecule has 1 amide bonds. The normalized spacial score (nSPS) is 18.9. The van der Waals surface area contributed by atoms with E-state index in [0.717, 1.165) is 36.1 Å². The maximum absolute atomic E-state index is 12.5. The number of likely N-dealkylation sites (tertiary alicyclic amines) is 1. The quantitative estimate of drug-likeness (QED) is 0.843. The smallest absolute Gasteiger partial charge is 0.270 e. The molecule has 0 radical (unpaired) electrons. The van der Waals surface area contributed by atoms with Gasteiger partial charge in [0, 0.05) is 29.7 Å². The minimum Gasteiger partial charge on any atom is -0.399 e. The first-order valence-electron chi connectivity index (χ1n) is 7.35. The van der Waals surface area contributed by atoms with Crippen molar-refractivity contribution in [3.63, 3.8) is 0 Å². The van der Waals surface area contributed by atoms with Crippen molar-refractivity contribution in [2.45, 2.75) is 26.2 Å². The van der Waals surface area contributed by atoms with Gasteiger partial charge in [0.15, 0.2) is 0 Å². The van der Waals surface area contributed by atoms with Crippen LogP contribution in [0.4, 0.5) is 5.69 Å². The number of carbonyl (C=O) groups is 1. The Kier molecular flexibility index (Phi) is 3.38. The topological polar surface area (TPSA) is 62.1 Å². The fourth-order valence-corrected chi connectivity index (χ4v) is 3.10. The zero-order chi connectivity index (χ0) is 14.1. The van der Waals surface area contributed by atoms with E-state index in [2.05, 4.69) is 11.9 Å². The molecule has 1 unspecified atom stereocenters. The molecule has 2 heterocycles. The molecule has 20 heavy (non-hydrogen) atoms. The molecule has 1 saturated heterocycles. The van der Waals surface area contributed by atoms with Crippen molar-refractivity contribution in [1.29, 1.82) is 0 Å². The molecule has 1 aromatic heterocycles. The lowest BCUT2D eigenvalue weighted by Crippen LogP contribution is -2.28. The van der Waals surface area contributed by atoms with E-state index >= 15 is 0 Å². The van der Waals surface area contributed by atoms with Crippen molar-refractivity contribution < 1.29 is 4.79 Å². The zero-order valence-electron chi connectivity index (χ0n) is 11.9. The number of nitrogen functional groups attached to an aromatic ring is 1. The Balaban J connectivity index is 1.79. The van der Waals surface area contributed by atoms with Crippen LogP contribution in [0, 0.1) is 5.92 Å². The highest BCUT2D eigenvalue weighted by atomic mass is 16.2. The molecule has 1 atom stereocenters. The number of amides is 1. The van der Waals surface area contributed by atoms with Crippen LogP contribution in [0.15, 0.2) is 24.3 Å². The predicted octanol–water partition coefficient (Wildman–Crippen LogP) is 3.01. The Morgan fingerprint density at radius 1 is 1.45 bits per heavy atom. The van der Waals surface area contributed by atoms with Crippen LogP contribution in [0.25, 0.3) is 10.9 Å². The van der Waals surface area contributed by atoms with Crippen LogP contribution >= 0.6 is 0 Å². The van der Waals surface area contributed by atoms with Gasteiger partial charge in [-0.05, 0) is 43.0 Å². The summed E-state index contributed by atoms with van der Waals surface area (Å²) >= 11 is 0. The van der Waals surface area contributed by atoms with Gasteiger partial charge in [-0.15, -0.1) is 0 Å². The summed E-state index contributed by atoms with van der Waals surface area (Å²) in [5.74, 6) is 0.780. The molecule has 3 N–H and O–H groups in total. The van der Waals surface area contributed by atoms with Gasteiger partial charge < -0.3 is 15.6 Å².